The molecule has 0 aliphatic carbocycles. The normalized spacial score (nSPS) is 11.7. The van der Waals surface area contributed by atoms with Gasteiger partial charge in [0.25, 0.3) is 11.8 Å². The molecule has 2 aromatic carbocycles. The number of hydrogen-bond acceptors (Lipinski definition) is 5. The Morgan fingerprint density at radius 1 is 0.857 bits per heavy atom. The van der Waals surface area contributed by atoms with Gasteiger partial charge >= 0.3 is 0 Å². The van der Waals surface area contributed by atoms with E-state index >= 15 is 0 Å². The Labute approximate surface area is 161 Å². The van der Waals surface area contributed by atoms with Gasteiger partial charge in [0.1, 0.15) is 0 Å². The van der Waals surface area contributed by atoms with E-state index in [2.05, 4.69) is 15.6 Å². The van der Waals surface area contributed by atoms with Crippen LogP contribution in [0.25, 0.3) is 0 Å². The van der Waals surface area contributed by atoms with E-state index in [4.69, 9.17) is 9.47 Å². The fraction of sp³-hybridized carbons (Fsp3) is 0.0952. The lowest BCUT2D eigenvalue weighted by atomic mass is 10.1. The van der Waals surface area contributed by atoms with Crippen molar-refractivity contribution < 1.29 is 19.1 Å². The minimum absolute atomic E-state index is 0.178. The molecular formula is C21H17N3O4. The van der Waals surface area contributed by atoms with Crippen LogP contribution < -0.4 is 20.1 Å². The molecule has 7 heteroatoms. The van der Waals surface area contributed by atoms with Crippen molar-refractivity contribution in [2.24, 2.45) is 0 Å². The maximum absolute atomic E-state index is 12.4. The largest absolute Gasteiger partial charge is 0.454 e. The topological polar surface area (TPSA) is 89.6 Å². The predicted molar refractivity (Wildman–Crippen MR) is 102 cm³/mol. The second-order valence-corrected chi connectivity index (χ2v) is 6.14. The van der Waals surface area contributed by atoms with Crippen molar-refractivity contribution in [1.82, 2.24) is 10.3 Å². The van der Waals surface area contributed by atoms with Crippen LogP contribution in [0.1, 0.15) is 26.3 Å². The average molecular weight is 375 g/mol. The summed E-state index contributed by atoms with van der Waals surface area (Å²) in [6.45, 7) is 0.588. The highest BCUT2D eigenvalue weighted by molar-refractivity contribution is 6.05. The van der Waals surface area contributed by atoms with Crippen molar-refractivity contribution >= 4 is 17.5 Å². The van der Waals surface area contributed by atoms with Gasteiger partial charge in [0.15, 0.2) is 11.5 Å². The third-order valence-corrected chi connectivity index (χ3v) is 4.24. The molecule has 3 aromatic rings. The molecule has 2 heterocycles. The Bertz CT molecular complexity index is 1000. The van der Waals surface area contributed by atoms with Crippen LogP contribution in [-0.2, 0) is 6.54 Å². The van der Waals surface area contributed by atoms with Gasteiger partial charge in [-0.15, -0.1) is 0 Å². The lowest BCUT2D eigenvalue weighted by Crippen LogP contribution is -2.23. The molecule has 0 saturated carbocycles. The Balaban J connectivity index is 1.37. The Morgan fingerprint density at radius 2 is 1.54 bits per heavy atom. The van der Waals surface area contributed by atoms with Gasteiger partial charge in [-0.3, -0.25) is 14.6 Å². The third kappa shape index (κ3) is 3.93. The SMILES string of the molecule is O=C(NCc1ccncc1)c1ccc(C(=O)Nc2ccc3c(c2)OCO3)cc1. The Kier molecular flexibility index (Phi) is 4.88. The zero-order valence-electron chi connectivity index (χ0n) is 14.8. The number of pyridine rings is 1. The molecule has 0 unspecified atom stereocenters. The number of anilines is 1. The minimum atomic E-state index is -0.275. The van der Waals surface area contributed by atoms with Gasteiger partial charge in [-0.2, -0.15) is 0 Å². The summed E-state index contributed by atoms with van der Waals surface area (Å²) in [4.78, 5) is 28.6. The lowest BCUT2D eigenvalue weighted by Gasteiger charge is -2.08. The summed E-state index contributed by atoms with van der Waals surface area (Å²) in [5.41, 5.74) is 2.49. The second kappa shape index (κ2) is 7.79. The summed E-state index contributed by atoms with van der Waals surface area (Å²) in [5.74, 6) is 0.765. The van der Waals surface area contributed by atoms with Crippen LogP contribution in [0.15, 0.2) is 67.0 Å². The van der Waals surface area contributed by atoms with Crippen LogP contribution in [-0.4, -0.2) is 23.6 Å². The van der Waals surface area contributed by atoms with Crippen molar-refractivity contribution in [3.63, 3.8) is 0 Å². The van der Waals surface area contributed by atoms with Gasteiger partial charge in [0.05, 0.1) is 0 Å². The number of fused-ring (bicyclic) bond motifs is 1. The number of benzene rings is 2. The molecule has 140 valence electrons. The molecule has 4 rings (SSSR count). The molecule has 1 aliphatic heterocycles. The molecule has 0 radical (unpaired) electrons. The van der Waals surface area contributed by atoms with Crippen molar-refractivity contribution in [3.8, 4) is 11.5 Å². The number of carbonyl (C=O) groups excluding carboxylic acids is 2. The minimum Gasteiger partial charge on any atom is -0.454 e. The van der Waals surface area contributed by atoms with Crippen LogP contribution in [0.3, 0.4) is 0 Å². The first-order valence-corrected chi connectivity index (χ1v) is 8.67. The summed E-state index contributed by atoms with van der Waals surface area (Å²) < 4.78 is 10.6. The van der Waals surface area contributed by atoms with E-state index in [9.17, 15) is 9.59 Å². The van der Waals surface area contributed by atoms with Gasteiger partial charge in [-0.25, -0.2) is 0 Å². The molecular weight excluding hydrogens is 358 g/mol. The smallest absolute Gasteiger partial charge is 0.255 e. The summed E-state index contributed by atoms with van der Waals surface area (Å²) in [5, 5.41) is 5.64. The summed E-state index contributed by atoms with van der Waals surface area (Å²) >= 11 is 0. The predicted octanol–water partition coefficient (Wildman–Crippen LogP) is 2.99. The number of amides is 2. The number of nitrogens with zero attached hydrogens (tertiary/aromatic N) is 1. The zero-order valence-corrected chi connectivity index (χ0v) is 14.8. The first-order chi connectivity index (χ1) is 13.7. The van der Waals surface area contributed by atoms with Crippen molar-refractivity contribution in [3.05, 3.63) is 83.7 Å². The molecule has 0 saturated heterocycles. The van der Waals surface area contributed by atoms with E-state index in [0.717, 1.165) is 5.56 Å². The van der Waals surface area contributed by atoms with Crippen LogP contribution >= 0.6 is 0 Å². The van der Waals surface area contributed by atoms with E-state index in [1.165, 1.54) is 0 Å². The number of ether oxygens (including phenoxy) is 2. The Morgan fingerprint density at radius 3 is 2.29 bits per heavy atom. The molecule has 0 spiro atoms. The first kappa shape index (κ1) is 17.5. The number of carbonyl (C=O) groups is 2. The maximum Gasteiger partial charge on any atom is 0.255 e. The fourth-order valence-corrected chi connectivity index (χ4v) is 2.74. The Hall–Kier alpha value is -3.87. The van der Waals surface area contributed by atoms with Gasteiger partial charge in [-0.1, -0.05) is 0 Å². The van der Waals surface area contributed by atoms with Crippen LogP contribution in [0.4, 0.5) is 5.69 Å². The lowest BCUT2D eigenvalue weighted by molar-refractivity contribution is 0.0949. The van der Waals surface area contributed by atoms with Gasteiger partial charge < -0.3 is 20.1 Å². The highest BCUT2D eigenvalue weighted by Crippen LogP contribution is 2.34. The molecule has 0 bridgehead atoms. The fourth-order valence-electron chi connectivity index (χ4n) is 2.74. The molecule has 0 fully saturated rings. The zero-order chi connectivity index (χ0) is 19.3. The van der Waals surface area contributed by atoms with Crippen LogP contribution in [0.5, 0.6) is 11.5 Å². The quantitative estimate of drug-likeness (QED) is 0.716. The number of nitrogens with one attached hydrogen (secondary N) is 2. The van der Waals surface area contributed by atoms with E-state index in [-0.39, 0.29) is 18.6 Å². The highest BCUT2D eigenvalue weighted by Gasteiger charge is 2.15. The number of aromatic nitrogens is 1. The van der Waals surface area contributed by atoms with Crippen molar-refractivity contribution in [2.75, 3.05) is 12.1 Å². The van der Waals surface area contributed by atoms with Gasteiger partial charge in [0, 0.05) is 41.8 Å². The third-order valence-electron chi connectivity index (χ3n) is 4.24. The highest BCUT2D eigenvalue weighted by atomic mass is 16.7. The molecule has 1 aromatic heterocycles. The molecule has 2 amide bonds. The summed E-state index contributed by atoms with van der Waals surface area (Å²) in [6, 6.07) is 15.3. The van der Waals surface area contributed by atoms with Crippen LogP contribution in [0.2, 0.25) is 0 Å². The van der Waals surface area contributed by atoms with E-state index in [1.807, 2.05) is 12.1 Å². The summed E-state index contributed by atoms with van der Waals surface area (Å²) in [6.07, 6.45) is 3.35. The van der Waals surface area contributed by atoms with E-state index in [0.29, 0.717) is 34.9 Å². The number of hydrogen-bond donors (Lipinski definition) is 2. The molecule has 7 nitrogen and oxygen atoms in total. The summed E-state index contributed by atoms with van der Waals surface area (Å²) in [7, 11) is 0. The van der Waals surface area contributed by atoms with E-state index < -0.39 is 0 Å². The van der Waals surface area contributed by atoms with Crippen molar-refractivity contribution in [1.29, 1.82) is 0 Å². The van der Waals surface area contributed by atoms with Gasteiger partial charge in [0.2, 0.25) is 6.79 Å². The first-order valence-electron chi connectivity index (χ1n) is 8.67. The molecule has 28 heavy (non-hydrogen) atoms. The van der Waals surface area contributed by atoms with Crippen LogP contribution in [0, 0.1) is 0 Å². The standard InChI is InChI=1S/C21H17N3O4/c25-20(23-12-14-7-9-22-10-8-14)15-1-3-16(4-2-15)21(26)24-17-5-6-18-19(11-17)28-13-27-18/h1-11H,12-13H2,(H,23,25)(H,24,26). The van der Waals surface area contributed by atoms with E-state index in [1.54, 1.807) is 54.9 Å². The maximum atomic E-state index is 12.4. The molecule has 0 atom stereocenters. The average Bonchev–Trinajstić information content (AvgIpc) is 3.21. The monoisotopic (exact) mass is 375 g/mol. The van der Waals surface area contributed by atoms with Gasteiger partial charge in [-0.05, 0) is 54.1 Å². The van der Waals surface area contributed by atoms with Crippen molar-refractivity contribution in [2.45, 2.75) is 6.54 Å². The second-order valence-electron chi connectivity index (χ2n) is 6.14. The number of rotatable bonds is 5. The molecule has 2 N–H and O–H groups in total. The molecule has 1 aliphatic rings.